The summed E-state index contributed by atoms with van der Waals surface area (Å²) < 4.78 is 0. The van der Waals surface area contributed by atoms with Gasteiger partial charge in [0.2, 0.25) is 5.91 Å². The average Bonchev–Trinajstić information content (AvgIpc) is 3.00. The molecule has 4 rings (SSSR count). The molecule has 2 aliphatic carbocycles. The van der Waals surface area contributed by atoms with Crippen LogP contribution in [0.2, 0.25) is 0 Å². The van der Waals surface area contributed by atoms with Crippen LogP contribution in [0.4, 0.5) is 0 Å². The Morgan fingerprint density at radius 2 is 1.50 bits per heavy atom. The minimum absolute atomic E-state index is 0.00197. The first-order valence-corrected chi connectivity index (χ1v) is 13.3. The Morgan fingerprint density at radius 1 is 0.833 bits per heavy atom. The topological polar surface area (TPSA) is 63.2 Å². The van der Waals surface area contributed by atoms with E-state index >= 15 is 0 Å². The Balaban J connectivity index is 1.42. The van der Waals surface area contributed by atoms with Gasteiger partial charge in [-0.1, -0.05) is 84.5 Å². The molecular weight excluding hydrogens is 446 g/mol. The molecule has 0 heterocycles. The van der Waals surface area contributed by atoms with Crippen LogP contribution in [0.15, 0.2) is 84.5 Å². The van der Waals surface area contributed by atoms with Crippen LogP contribution in [0.25, 0.3) is 0 Å². The zero-order chi connectivity index (χ0) is 25.2. The first kappa shape index (κ1) is 25.8. The molecule has 188 valence electrons. The van der Waals surface area contributed by atoms with E-state index in [9.17, 15) is 14.4 Å². The van der Waals surface area contributed by atoms with Gasteiger partial charge in [-0.15, -0.1) is 0 Å². The molecule has 0 bridgehead atoms. The lowest BCUT2D eigenvalue weighted by molar-refractivity contribution is -0.134. The van der Waals surface area contributed by atoms with Crippen molar-refractivity contribution in [2.24, 2.45) is 17.8 Å². The second-order valence-electron chi connectivity index (χ2n) is 10.2. The van der Waals surface area contributed by atoms with Gasteiger partial charge >= 0.3 is 0 Å². The zero-order valence-electron chi connectivity index (χ0n) is 21.0. The van der Waals surface area contributed by atoms with Crippen LogP contribution in [-0.4, -0.2) is 24.0 Å². The highest BCUT2D eigenvalue weighted by atomic mass is 16.2. The van der Waals surface area contributed by atoms with Crippen molar-refractivity contribution >= 4 is 17.5 Å². The molecule has 1 fully saturated rings. The molecule has 1 N–H and O–H groups in total. The molecule has 2 aromatic rings. The summed E-state index contributed by atoms with van der Waals surface area (Å²) in [5.41, 5.74) is 3.64. The minimum Gasteiger partial charge on any atom is -0.356 e. The molecule has 0 spiro atoms. The van der Waals surface area contributed by atoms with Crippen molar-refractivity contribution in [3.05, 3.63) is 95.6 Å². The number of allylic oxidation sites excluding steroid dienone is 4. The molecule has 0 aliphatic heterocycles. The fourth-order valence-corrected chi connectivity index (χ4v) is 5.57. The monoisotopic (exact) mass is 483 g/mol. The van der Waals surface area contributed by atoms with Crippen molar-refractivity contribution in [1.29, 1.82) is 0 Å². The predicted molar refractivity (Wildman–Crippen MR) is 143 cm³/mol. The molecule has 3 atom stereocenters. The van der Waals surface area contributed by atoms with Gasteiger partial charge in [-0.2, -0.15) is 0 Å². The second-order valence-corrected chi connectivity index (χ2v) is 10.2. The van der Waals surface area contributed by atoms with E-state index in [-0.39, 0.29) is 35.7 Å². The summed E-state index contributed by atoms with van der Waals surface area (Å²) in [6.45, 7) is 0.526. The third-order valence-electron chi connectivity index (χ3n) is 7.52. The van der Waals surface area contributed by atoms with Crippen LogP contribution in [0.5, 0.6) is 0 Å². The maximum atomic E-state index is 13.5. The Kier molecular flexibility index (Phi) is 9.43. The zero-order valence-corrected chi connectivity index (χ0v) is 21.0. The van der Waals surface area contributed by atoms with E-state index in [1.807, 2.05) is 48.5 Å². The van der Waals surface area contributed by atoms with Crippen molar-refractivity contribution in [3.8, 4) is 0 Å². The van der Waals surface area contributed by atoms with Crippen LogP contribution in [0.3, 0.4) is 0 Å². The predicted octanol–water partition coefficient (Wildman–Crippen LogP) is 5.82. The second kappa shape index (κ2) is 13.2. The van der Waals surface area contributed by atoms with Gasteiger partial charge in [-0.3, -0.25) is 14.4 Å². The molecule has 0 aromatic heterocycles. The van der Waals surface area contributed by atoms with E-state index in [0.29, 0.717) is 25.8 Å². The molecule has 0 saturated heterocycles. The Bertz CT molecular complexity index is 1090. The minimum atomic E-state index is -0.533. The summed E-state index contributed by atoms with van der Waals surface area (Å²) in [6.07, 6.45) is 12.2. The summed E-state index contributed by atoms with van der Waals surface area (Å²) in [5.74, 6) is -0.834. The number of amides is 1. The molecule has 0 radical (unpaired) electrons. The normalized spacial score (nSPS) is 22.1. The largest absolute Gasteiger partial charge is 0.356 e. The van der Waals surface area contributed by atoms with E-state index in [1.165, 1.54) is 5.57 Å². The highest BCUT2D eigenvalue weighted by Gasteiger charge is 2.39. The summed E-state index contributed by atoms with van der Waals surface area (Å²) >= 11 is 0. The van der Waals surface area contributed by atoms with E-state index in [1.54, 1.807) is 0 Å². The molecule has 1 amide bonds. The lowest BCUT2D eigenvalue weighted by atomic mass is 9.79. The number of ketones is 2. The van der Waals surface area contributed by atoms with Crippen LogP contribution < -0.4 is 5.32 Å². The van der Waals surface area contributed by atoms with Crippen LogP contribution in [0, 0.1) is 17.8 Å². The average molecular weight is 484 g/mol. The van der Waals surface area contributed by atoms with E-state index < -0.39 is 5.92 Å². The van der Waals surface area contributed by atoms with Gasteiger partial charge in [-0.05, 0) is 55.6 Å². The van der Waals surface area contributed by atoms with Crippen LogP contribution in [0.1, 0.15) is 56.1 Å². The fourth-order valence-electron chi connectivity index (χ4n) is 5.57. The van der Waals surface area contributed by atoms with Crippen molar-refractivity contribution in [2.45, 2.75) is 57.8 Å². The first-order chi connectivity index (χ1) is 17.6. The molecule has 2 aromatic carbocycles. The van der Waals surface area contributed by atoms with Gasteiger partial charge in [0.15, 0.2) is 0 Å². The van der Waals surface area contributed by atoms with E-state index in [0.717, 1.165) is 43.2 Å². The Hall–Kier alpha value is -3.27. The number of hydrogen-bond donors (Lipinski definition) is 1. The molecule has 2 aliphatic rings. The van der Waals surface area contributed by atoms with Gasteiger partial charge in [0.25, 0.3) is 0 Å². The molecule has 1 saturated carbocycles. The third kappa shape index (κ3) is 7.61. The Labute approximate surface area is 214 Å². The molecule has 36 heavy (non-hydrogen) atoms. The van der Waals surface area contributed by atoms with Gasteiger partial charge in [0.05, 0.1) is 0 Å². The van der Waals surface area contributed by atoms with Gasteiger partial charge in [0, 0.05) is 37.6 Å². The number of hydrogen-bond acceptors (Lipinski definition) is 3. The third-order valence-corrected chi connectivity index (χ3v) is 7.52. The Morgan fingerprint density at radius 3 is 2.17 bits per heavy atom. The highest BCUT2D eigenvalue weighted by molar-refractivity contribution is 5.95. The first-order valence-electron chi connectivity index (χ1n) is 13.3. The fraction of sp³-hybridized carbons (Fsp3) is 0.406. The molecular formula is C32H37NO3. The molecule has 3 unspecified atom stereocenters. The number of carbonyl (C=O) groups is 3. The maximum Gasteiger partial charge on any atom is 0.220 e. The van der Waals surface area contributed by atoms with Gasteiger partial charge in [0.1, 0.15) is 11.6 Å². The summed E-state index contributed by atoms with van der Waals surface area (Å²) in [4.78, 5) is 39.9. The van der Waals surface area contributed by atoms with Crippen molar-refractivity contribution in [1.82, 2.24) is 5.32 Å². The van der Waals surface area contributed by atoms with Crippen LogP contribution >= 0.6 is 0 Å². The molecule has 4 nitrogen and oxygen atoms in total. The maximum absolute atomic E-state index is 13.5. The van der Waals surface area contributed by atoms with Gasteiger partial charge < -0.3 is 5.32 Å². The number of Topliss-reactive ketones (excluding diaryl/α,β-unsaturated/α-hetero) is 2. The summed E-state index contributed by atoms with van der Waals surface area (Å²) in [7, 11) is 0. The van der Waals surface area contributed by atoms with Crippen molar-refractivity contribution in [2.75, 3.05) is 6.54 Å². The van der Waals surface area contributed by atoms with Gasteiger partial charge in [-0.25, -0.2) is 0 Å². The number of carbonyl (C=O) groups excluding carboxylic acids is 3. The van der Waals surface area contributed by atoms with Crippen LogP contribution in [-0.2, 0) is 27.2 Å². The molecule has 4 heteroatoms. The van der Waals surface area contributed by atoms with E-state index in [4.69, 9.17) is 0 Å². The quantitative estimate of drug-likeness (QED) is 0.434. The number of nitrogens with one attached hydrogen (secondary N) is 1. The highest BCUT2D eigenvalue weighted by Crippen LogP contribution is 2.35. The summed E-state index contributed by atoms with van der Waals surface area (Å²) in [6, 6.07) is 20.1. The lowest BCUT2D eigenvalue weighted by Gasteiger charge is -2.23. The smallest absolute Gasteiger partial charge is 0.220 e. The van der Waals surface area contributed by atoms with Crippen molar-refractivity contribution in [3.63, 3.8) is 0 Å². The standard InChI is InChI=1S/C32H37NO3/c34-30-21-27(20-26-14-8-3-9-15-26)22-31(35)29(28(30)17-16-24-10-4-1-5-11-24)23-32(36)33-19-18-25-12-6-2-7-13-25/h1-4,6-10,12-15,27-29H,5,11,16-23H2,(H,33,36). The SMILES string of the molecule is O=C(CC1C(=O)CC(Cc2ccccc2)CC(=O)C1CCC1=CC=CCC1)NCCc1ccccc1. The lowest BCUT2D eigenvalue weighted by Crippen LogP contribution is -2.34. The number of benzene rings is 2. The summed E-state index contributed by atoms with van der Waals surface area (Å²) in [5, 5.41) is 2.99. The number of rotatable bonds is 10. The van der Waals surface area contributed by atoms with E-state index in [2.05, 4.69) is 35.7 Å². The van der Waals surface area contributed by atoms with Crippen molar-refractivity contribution < 1.29 is 14.4 Å².